The fraction of sp³-hybridized carbons (Fsp3) is 0.417. The Bertz CT molecular complexity index is 320. The summed E-state index contributed by atoms with van der Waals surface area (Å²) in [6.45, 7) is 0. The van der Waals surface area contributed by atoms with Crippen molar-refractivity contribution in [2.24, 2.45) is 5.73 Å². The lowest BCUT2D eigenvalue weighted by molar-refractivity contribution is -0.121. The number of ketones is 1. The van der Waals surface area contributed by atoms with Crippen LogP contribution in [0.4, 0.5) is 0 Å². The summed E-state index contributed by atoms with van der Waals surface area (Å²) in [6.07, 6.45) is 2.40. The fourth-order valence-electron chi connectivity index (χ4n) is 2.09. The molecule has 1 aliphatic rings. The van der Waals surface area contributed by atoms with E-state index in [9.17, 15) is 4.79 Å². The van der Waals surface area contributed by atoms with Gasteiger partial charge >= 0.3 is 0 Å². The molecule has 74 valence electrons. The molecule has 2 nitrogen and oxygen atoms in total. The molecular weight excluding hydrogens is 174 g/mol. The first-order valence-electron chi connectivity index (χ1n) is 5.10. The van der Waals surface area contributed by atoms with Crippen molar-refractivity contribution in [1.29, 1.82) is 0 Å². The van der Waals surface area contributed by atoms with Gasteiger partial charge in [-0.25, -0.2) is 0 Å². The van der Waals surface area contributed by atoms with Crippen molar-refractivity contribution < 1.29 is 4.79 Å². The molecule has 1 saturated carbocycles. The second kappa shape index (κ2) is 3.93. The van der Waals surface area contributed by atoms with Gasteiger partial charge < -0.3 is 5.73 Å². The van der Waals surface area contributed by atoms with E-state index in [0.29, 0.717) is 12.3 Å². The summed E-state index contributed by atoms with van der Waals surface area (Å²) in [6, 6.07) is 10.1. The maximum atomic E-state index is 11.2. The Labute approximate surface area is 84.1 Å². The molecule has 0 aromatic heterocycles. The zero-order valence-corrected chi connectivity index (χ0v) is 8.15. The molecule has 0 spiro atoms. The first-order chi connectivity index (χ1) is 6.77. The first-order valence-corrected chi connectivity index (χ1v) is 5.10. The molecule has 1 aliphatic carbocycles. The Morgan fingerprint density at radius 3 is 2.57 bits per heavy atom. The van der Waals surface area contributed by atoms with E-state index in [0.717, 1.165) is 12.8 Å². The Kier molecular flexibility index (Phi) is 2.64. The van der Waals surface area contributed by atoms with E-state index in [1.165, 1.54) is 5.56 Å². The minimum atomic E-state index is -0.242. The van der Waals surface area contributed by atoms with E-state index in [1.807, 2.05) is 18.2 Å². The number of Topliss-reactive ketones (excluding diaryl/α,β-unsaturated/α-hetero) is 1. The molecule has 1 aromatic rings. The highest BCUT2D eigenvalue weighted by Gasteiger charge is 2.26. The Morgan fingerprint density at radius 1 is 1.21 bits per heavy atom. The number of nitrogens with two attached hydrogens (primary N) is 1. The summed E-state index contributed by atoms with van der Waals surface area (Å²) in [5.41, 5.74) is 7.07. The molecule has 2 N–H and O–H groups in total. The van der Waals surface area contributed by atoms with Crippen LogP contribution in [0.3, 0.4) is 0 Å². The number of benzene rings is 1. The van der Waals surface area contributed by atoms with Crippen molar-refractivity contribution in [3.8, 4) is 0 Å². The third-order valence-corrected chi connectivity index (χ3v) is 2.96. The molecule has 0 bridgehead atoms. The van der Waals surface area contributed by atoms with Gasteiger partial charge in [0.25, 0.3) is 0 Å². The van der Waals surface area contributed by atoms with E-state index in [1.54, 1.807) is 0 Å². The zero-order valence-electron chi connectivity index (χ0n) is 8.15. The van der Waals surface area contributed by atoms with Gasteiger partial charge in [0.15, 0.2) is 0 Å². The maximum absolute atomic E-state index is 11.2. The number of carbonyl (C=O) groups excluding carboxylic acids is 1. The van der Waals surface area contributed by atoms with Crippen LogP contribution in [0.2, 0.25) is 0 Å². The Hall–Kier alpha value is -1.15. The topological polar surface area (TPSA) is 43.1 Å². The molecule has 14 heavy (non-hydrogen) atoms. The van der Waals surface area contributed by atoms with Crippen LogP contribution in [-0.2, 0) is 4.79 Å². The van der Waals surface area contributed by atoms with Crippen molar-refractivity contribution in [3.63, 3.8) is 0 Å². The molecule has 2 rings (SSSR count). The van der Waals surface area contributed by atoms with Crippen LogP contribution in [0, 0.1) is 0 Å². The van der Waals surface area contributed by atoms with E-state index >= 15 is 0 Å². The van der Waals surface area contributed by atoms with Crippen LogP contribution in [-0.4, -0.2) is 11.8 Å². The summed E-state index contributed by atoms with van der Waals surface area (Å²) >= 11 is 0. The molecular formula is C12H15NO. The second-order valence-corrected chi connectivity index (χ2v) is 3.95. The largest absolute Gasteiger partial charge is 0.321 e. The molecule has 0 aliphatic heterocycles. The molecule has 2 heteroatoms. The molecule has 1 fully saturated rings. The summed E-state index contributed by atoms with van der Waals surface area (Å²) < 4.78 is 0. The zero-order chi connectivity index (χ0) is 9.97. The van der Waals surface area contributed by atoms with Gasteiger partial charge in [0.05, 0.1) is 6.04 Å². The predicted octanol–water partition coefficient (Wildman–Crippen LogP) is 1.85. The average Bonchev–Trinajstić information content (AvgIpc) is 2.23. The van der Waals surface area contributed by atoms with E-state index < -0.39 is 0 Å². The number of rotatable bonds is 1. The normalized spacial score (nSPS) is 27.6. The Balaban J connectivity index is 2.11. The van der Waals surface area contributed by atoms with E-state index in [-0.39, 0.29) is 11.8 Å². The first kappa shape index (κ1) is 9.41. The van der Waals surface area contributed by atoms with Gasteiger partial charge in [-0.05, 0) is 24.3 Å². The van der Waals surface area contributed by atoms with Crippen molar-refractivity contribution in [2.75, 3.05) is 0 Å². The number of hydrogen-bond acceptors (Lipinski definition) is 2. The van der Waals surface area contributed by atoms with Crippen molar-refractivity contribution in [1.82, 2.24) is 0 Å². The van der Waals surface area contributed by atoms with Gasteiger partial charge in [0.2, 0.25) is 0 Å². The van der Waals surface area contributed by atoms with Crippen LogP contribution in [0.1, 0.15) is 30.7 Å². The molecule has 0 heterocycles. The molecule has 0 saturated heterocycles. The summed E-state index contributed by atoms with van der Waals surface area (Å²) in [5.74, 6) is 0.695. The quantitative estimate of drug-likeness (QED) is 0.732. The van der Waals surface area contributed by atoms with Gasteiger partial charge in [-0.1, -0.05) is 30.3 Å². The van der Waals surface area contributed by atoms with Gasteiger partial charge in [0, 0.05) is 6.42 Å². The Morgan fingerprint density at radius 2 is 1.93 bits per heavy atom. The molecule has 1 aromatic carbocycles. The molecule has 0 unspecified atom stereocenters. The summed E-state index contributed by atoms with van der Waals surface area (Å²) in [4.78, 5) is 11.2. The standard InChI is InChI=1S/C12H15NO/c13-11-8-10(6-7-12(11)14)9-4-2-1-3-5-9/h1-5,10-11H,6-8,13H2/t10-,11-/m0/s1. The number of carbonyl (C=O) groups is 1. The van der Waals surface area contributed by atoms with Crippen LogP contribution in [0.5, 0.6) is 0 Å². The van der Waals surface area contributed by atoms with Gasteiger partial charge in [-0.3, -0.25) is 4.79 Å². The molecule has 2 atom stereocenters. The third kappa shape index (κ3) is 1.85. The van der Waals surface area contributed by atoms with Gasteiger partial charge in [-0.15, -0.1) is 0 Å². The van der Waals surface area contributed by atoms with Crippen LogP contribution in [0.15, 0.2) is 30.3 Å². The molecule has 0 radical (unpaired) electrons. The van der Waals surface area contributed by atoms with Crippen LogP contribution < -0.4 is 5.73 Å². The van der Waals surface area contributed by atoms with Crippen molar-refractivity contribution in [2.45, 2.75) is 31.2 Å². The van der Waals surface area contributed by atoms with Crippen LogP contribution in [0.25, 0.3) is 0 Å². The SMILES string of the molecule is N[C@H]1C[C@@H](c2ccccc2)CCC1=O. The molecule has 0 amide bonds. The third-order valence-electron chi connectivity index (χ3n) is 2.96. The number of hydrogen-bond donors (Lipinski definition) is 1. The minimum Gasteiger partial charge on any atom is -0.321 e. The van der Waals surface area contributed by atoms with E-state index in [2.05, 4.69) is 12.1 Å². The average molecular weight is 189 g/mol. The lowest BCUT2D eigenvalue weighted by atomic mass is 9.81. The highest BCUT2D eigenvalue weighted by atomic mass is 16.1. The summed E-state index contributed by atoms with van der Waals surface area (Å²) in [5, 5.41) is 0. The van der Waals surface area contributed by atoms with Crippen molar-refractivity contribution >= 4 is 5.78 Å². The summed E-state index contributed by atoms with van der Waals surface area (Å²) in [7, 11) is 0. The second-order valence-electron chi connectivity index (χ2n) is 3.95. The maximum Gasteiger partial charge on any atom is 0.149 e. The van der Waals surface area contributed by atoms with Gasteiger partial charge in [0.1, 0.15) is 5.78 Å². The monoisotopic (exact) mass is 189 g/mol. The lowest BCUT2D eigenvalue weighted by Crippen LogP contribution is -2.36. The fourth-order valence-corrected chi connectivity index (χ4v) is 2.09. The minimum absolute atomic E-state index is 0.220. The van der Waals surface area contributed by atoms with Crippen molar-refractivity contribution in [3.05, 3.63) is 35.9 Å². The lowest BCUT2D eigenvalue weighted by Gasteiger charge is -2.25. The highest BCUT2D eigenvalue weighted by Crippen LogP contribution is 2.30. The highest BCUT2D eigenvalue weighted by molar-refractivity contribution is 5.84. The van der Waals surface area contributed by atoms with E-state index in [4.69, 9.17) is 5.73 Å². The van der Waals surface area contributed by atoms with Gasteiger partial charge in [-0.2, -0.15) is 0 Å². The predicted molar refractivity (Wildman–Crippen MR) is 56.0 cm³/mol. The smallest absolute Gasteiger partial charge is 0.149 e. The van der Waals surface area contributed by atoms with Crippen LogP contribution >= 0.6 is 0 Å².